The number of nitrogens with one attached hydrogen (secondary N) is 1. The van der Waals surface area contributed by atoms with Crippen LogP contribution in [0.15, 0.2) is 42.0 Å². The van der Waals surface area contributed by atoms with Gasteiger partial charge in [-0.15, -0.1) is 0 Å². The summed E-state index contributed by atoms with van der Waals surface area (Å²) >= 11 is 0. The molecule has 0 bridgehead atoms. The van der Waals surface area contributed by atoms with Gasteiger partial charge in [0.1, 0.15) is 0 Å². The molecule has 2 rings (SSSR count). The molecule has 0 saturated carbocycles. The molecule has 5 nitrogen and oxygen atoms in total. The van der Waals surface area contributed by atoms with Gasteiger partial charge in [-0.1, -0.05) is 29.8 Å². The van der Waals surface area contributed by atoms with Crippen molar-refractivity contribution in [3.05, 3.63) is 42.0 Å². The third kappa shape index (κ3) is 6.00. The number of anilines is 1. The van der Waals surface area contributed by atoms with E-state index in [2.05, 4.69) is 11.4 Å². The summed E-state index contributed by atoms with van der Waals surface area (Å²) in [5, 5.41) is 2.89. The molecule has 0 unspecified atom stereocenters. The predicted octanol–water partition coefficient (Wildman–Crippen LogP) is 2.85. The van der Waals surface area contributed by atoms with Crippen molar-refractivity contribution in [3.8, 4) is 0 Å². The van der Waals surface area contributed by atoms with Gasteiger partial charge in [-0.05, 0) is 44.2 Å². The van der Waals surface area contributed by atoms with E-state index >= 15 is 0 Å². The van der Waals surface area contributed by atoms with Crippen LogP contribution in [-0.2, 0) is 14.8 Å². The van der Waals surface area contributed by atoms with Gasteiger partial charge < -0.3 is 5.32 Å². The van der Waals surface area contributed by atoms with E-state index in [-0.39, 0.29) is 18.9 Å². The molecule has 0 radical (unpaired) electrons. The van der Waals surface area contributed by atoms with E-state index in [9.17, 15) is 13.2 Å². The summed E-state index contributed by atoms with van der Waals surface area (Å²) in [4.78, 5) is 12.0. The van der Waals surface area contributed by atoms with Gasteiger partial charge in [-0.2, -0.15) is 0 Å². The number of carbonyl (C=O) groups is 1. The molecule has 0 saturated heterocycles. The lowest BCUT2D eigenvalue weighted by Crippen LogP contribution is -2.35. The third-order valence-electron chi connectivity index (χ3n) is 4.14. The first-order valence-corrected chi connectivity index (χ1v) is 10.3. The number of nitrogens with zero attached hydrogens (tertiary/aromatic N) is 1. The van der Waals surface area contributed by atoms with Crippen molar-refractivity contribution in [1.29, 1.82) is 0 Å². The number of rotatable bonds is 8. The topological polar surface area (TPSA) is 66.5 Å². The van der Waals surface area contributed by atoms with Crippen LogP contribution in [0.3, 0.4) is 0 Å². The standard InChI is InChI=1S/C18H26N2O3S/c1-24(22,23)20(17-10-6-3-7-11-17)15-13-18(21)19-14-12-16-8-4-2-5-9-16/h3,6-8,10-11H,2,4-5,9,12-15H2,1H3,(H,19,21). The number of hydrogen-bond donors (Lipinski definition) is 1. The zero-order valence-corrected chi connectivity index (χ0v) is 15.0. The average molecular weight is 350 g/mol. The minimum absolute atomic E-state index is 0.115. The molecular formula is C18H26N2O3S. The minimum atomic E-state index is -3.41. The van der Waals surface area contributed by atoms with E-state index in [1.165, 1.54) is 22.7 Å². The van der Waals surface area contributed by atoms with Gasteiger partial charge in [-0.3, -0.25) is 9.10 Å². The smallest absolute Gasteiger partial charge is 0.232 e. The Bertz CT molecular complexity index is 669. The van der Waals surface area contributed by atoms with Gasteiger partial charge in [0.2, 0.25) is 15.9 Å². The molecular weight excluding hydrogens is 324 g/mol. The molecule has 0 spiro atoms. The second-order valence-electron chi connectivity index (χ2n) is 6.13. The molecule has 1 amide bonds. The fourth-order valence-corrected chi connectivity index (χ4v) is 3.79. The Morgan fingerprint density at radius 1 is 1.21 bits per heavy atom. The highest BCUT2D eigenvalue weighted by Gasteiger charge is 2.18. The number of amides is 1. The predicted molar refractivity (Wildman–Crippen MR) is 97.4 cm³/mol. The van der Waals surface area contributed by atoms with E-state index in [0.29, 0.717) is 12.2 Å². The molecule has 1 N–H and O–H groups in total. The molecule has 0 aliphatic heterocycles. The SMILES string of the molecule is CS(=O)(=O)N(CCC(=O)NCCC1=CCCCC1)c1ccccc1. The van der Waals surface area contributed by atoms with Crippen LogP contribution >= 0.6 is 0 Å². The Labute approximate surface area is 144 Å². The van der Waals surface area contributed by atoms with Crippen LogP contribution in [-0.4, -0.2) is 33.7 Å². The quantitative estimate of drug-likeness (QED) is 0.733. The third-order valence-corrected chi connectivity index (χ3v) is 5.33. The lowest BCUT2D eigenvalue weighted by molar-refractivity contribution is -0.120. The molecule has 0 atom stereocenters. The second kappa shape index (κ2) is 8.87. The van der Waals surface area contributed by atoms with Gasteiger partial charge >= 0.3 is 0 Å². The number of sulfonamides is 1. The molecule has 6 heteroatoms. The molecule has 1 aromatic rings. The van der Waals surface area contributed by atoms with Gasteiger partial charge in [0, 0.05) is 19.5 Å². The first-order valence-electron chi connectivity index (χ1n) is 8.44. The van der Waals surface area contributed by atoms with Crippen molar-refractivity contribution >= 4 is 21.6 Å². The Morgan fingerprint density at radius 3 is 2.58 bits per heavy atom. The monoisotopic (exact) mass is 350 g/mol. The molecule has 0 fully saturated rings. The van der Waals surface area contributed by atoms with Crippen LogP contribution in [0.4, 0.5) is 5.69 Å². The van der Waals surface area contributed by atoms with Crippen molar-refractivity contribution in [2.24, 2.45) is 0 Å². The van der Waals surface area contributed by atoms with Crippen LogP contribution in [0.5, 0.6) is 0 Å². The Hall–Kier alpha value is -1.82. The van der Waals surface area contributed by atoms with Crippen molar-refractivity contribution in [3.63, 3.8) is 0 Å². The summed E-state index contributed by atoms with van der Waals surface area (Å²) in [6.45, 7) is 0.770. The van der Waals surface area contributed by atoms with Crippen LogP contribution in [0.1, 0.15) is 38.5 Å². The fraction of sp³-hybridized carbons (Fsp3) is 0.500. The summed E-state index contributed by atoms with van der Waals surface area (Å²) in [6, 6.07) is 8.86. The molecule has 0 heterocycles. The first kappa shape index (κ1) is 18.5. The van der Waals surface area contributed by atoms with Crippen molar-refractivity contribution < 1.29 is 13.2 Å². The second-order valence-corrected chi connectivity index (χ2v) is 8.04. The number of carbonyl (C=O) groups excluding carboxylic acids is 1. The van der Waals surface area contributed by atoms with Crippen molar-refractivity contribution in [1.82, 2.24) is 5.32 Å². The Balaban J connectivity index is 1.81. The number of benzene rings is 1. The molecule has 1 aliphatic rings. The molecule has 1 aliphatic carbocycles. The summed E-state index contributed by atoms with van der Waals surface area (Å²) in [6.07, 6.45) is 9.25. The number of allylic oxidation sites excluding steroid dienone is 1. The van der Waals surface area contributed by atoms with Crippen LogP contribution < -0.4 is 9.62 Å². The molecule has 1 aromatic carbocycles. The zero-order chi connectivity index (χ0) is 17.4. The first-order chi connectivity index (χ1) is 11.5. The Kier molecular flexibility index (Phi) is 6.85. The van der Waals surface area contributed by atoms with E-state index in [4.69, 9.17) is 0 Å². The van der Waals surface area contributed by atoms with Crippen molar-refractivity contribution in [2.45, 2.75) is 38.5 Å². The summed E-state index contributed by atoms with van der Waals surface area (Å²) in [5.41, 5.74) is 2.00. The van der Waals surface area contributed by atoms with Crippen molar-refractivity contribution in [2.75, 3.05) is 23.7 Å². The normalized spacial score (nSPS) is 14.8. The molecule has 132 valence electrons. The highest BCUT2D eigenvalue weighted by Crippen LogP contribution is 2.19. The van der Waals surface area contributed by atoms with E-state index in [0.717, 1.165) is 25.5 Å². The fourth-order valence-electron chi connectivity index (χ4n) is 2.87. The lowest BCUT2D eigenvalue weighted by Gasteiger charge is -2.22. The summed E-state index contributed by atoms with van der Waals surface area (Å²) in [7, 11) is -3.41. The van der Waals surface area contributed by atoms with Crippen LogP contribution in [0, 0.1) is 0 Å². The Morgan fingerprint density at radius 2 is 1.96 bits per heavy atom. The maximum Gasteiger partial charge on any atom is 0.232 e. The molecule has 24 heavy (non-hydrogen) atoms. The molecule has 0 aromatic heterocycles. The van der Waals surface area contributed by atoms with Crippen LogP contribution in [0.25, 0.3) is 0 Å². The highest BCUT2D eigenvalue weighted by molar-refractivity contribution is 7.92. The van der Waals surface area contributed by atoms with Gasteiger partial charge in [0.15, 0.2) is 0 Å². The summed E-state index contributed by atoms with van der Waals surface area (Å²) < 4.78 is 25.2. The van der Waals surface area contributed by atoms with Gasteiger partial charge in [0.25, 0.3) is 0 Å². The lowest BCUT2D eigenvalue weighted by atomic mass is 9.97. The largest absolute Gasteiger partial charge is 0.356 e. The van der Waals surface area contributed by atoms with Gasteiger partial charge in [0.05, 0.1) is 11.9 Å². The minimum Gasteiger partial charge on any atom is -0.356 e. The number of hydrogen-bond acceptors (Lipinski definition) is 3. The van der Waals surface area contributed by atoms with E-state index in [1.54, 1.807) is 24.3 Å². The maximum atomic E-state index is 12.0. The summed E-state index contributed by atoms with van der Waals surface area (Å²) in [5.74, 6) is -0.115. The maximum absolute atomic E-state index is 12.0. The average Bonchev–Trinajstić information content (AvgIpc) is 2.56. The van der Waals surface area contributed by atoms with E-state index < -0.39 is 10.0 Å². The highest BCUT2D eigenvalue weighted by atomic mass is 32.2. The zero-order valence-electron chi connectivity index (χ0n) is 14.2. The van der Waals surface area contributed by atoms with Crippen LogP contribution in [0.2, 0.25) is 0 Å². The number of para-hydroxylation sites is 1. The van der Waals surface area contributed by atoms with Gasteiger partial charge in [-0.25, -0.2) is 8.42 Å². The van der Waals surface area contributed by atoms with E-state index in [1.807, 2.05) is 6.07 Å².